The molecule has 1 saturated carbocycles. The first kappa shape index (κ1) is 17.9. The van der Waals surface area contributed by atoms with Crippen molar-refractivity contribution in [3.8, 4) is 0 Å². The molecule has 0 heterocycles. The summed E-state index contributed by atoms with van der Waals surface area (Å²) in [6.07, 6.45) is 2.27. The minimum absolute atomic E-state index is 0.117. The van der Waals surface area contributed by atoms with Crippen molar-refractivity contribution in [2.24, 2.45) is 0 Å². The molecule has 0 aromatic rings. The highest BCUT2D eigenvalue weighted by molar-refractivity contribution is 7.89. The second-order valence-corrected chi connectivity index (χ2v) is 7.17. The number of carbonyl (C=O) groups is 2. The molecule has 122 valence electrons. The van der Waals surface area contributed by atoms with Crippen molar-refractivity contribution in [3.63, 3.8) is 0 Å². The summed E-state index contributed by atoms with van der Waals surface area (Å²) in [6.45, 7) is -0.0501. The summed E-state index contributed by atoms with van der Waals surface area (Å²) < 4.78 is 30.2. The first-order valence-electron chi connectivity index (χ1n) is 6.78. The monoisotopic (exact) mass is 322 g/mol. The number of sulfonamides is 1. The third-order valence-corrected chi connectivity index (χ3v) is 4.83. The van der Waals surface area contributed by atoms with Gasteiger partial charge in [0.1, 0.15) is 0 Å². The van der Waals surface area contributed by atoms with Gasteiger partial charge in [-0.1, -0.05) is 0 Å². The molecule has 1 amide bonds. The van der Waals surface area contributed by atoms with Crippen molar-refractivity contribution in [2.45, 2.75) is 37.6 Å². The van der Waals surface area contributed by atoms with Crippen LogP contribution in [0.5, 0.6) is 0 Å². The normalized spacial score (nSPS) is 17.0. The fourth-order valence-electron chi connectivity index (χ4n) is 2.22. The van der Waals surface area contributed by atoms with Crippen molar-refractivity contribution >= 4 is 21.9 Å². The summed E-state index contributed by atoms with van der Waals surface area (Å²) in [5, 5.41) is 11.5. The Morgan fingerprint density at radius 1 is 1.33 bits per heavy atom. The van der Waals surface area contributed by atoms with E-state index in [9.17, 15) is 18.0 Å². The summed E-state index contributed by atoms with van der Waals surface area (Å²) in [6, 6.07) is 0. The van der Waals surface area contributed by atoms with Gasteiger partial charge in [-0.25, -0.2) is 13.1 Å². The van der Waals surface area contributed by atoms with Crippen LogP contribution >= 0.6 is 0 Å². The summed E-state index contributed by atoms with van der Waals surface area (Å²) in [5.74, 6) is -1.60. The fraction of sp³-hybridized carbons (Fsp3) is 0.833. The number of rotatable bonds is 10. The van der Waals surface area contributed by atoms with Crippen molar-refractivity contribution in [1.82, 2.24) is 10.0 Å². The first-order chi connectivity index (χ1) is 9.79. The Labute approximate surface area is 124 Å². The van der Waals surface area contributed by atoms with Crippen LogP contribution in [-0.2, 0) is 24.3 Å². The van der Waals surface area contributed by atoms with Crippen LogP contribution in [0.1, 0.15) is 32.1 Å². The Bertz CT molecular complexity index is 472. The lowest BCUT2D eigenvalue weighted by atomic mass is 9.74. The molecule has 1 aliphatic carbocycles. The minimum Gasteiger partial charge on any atom is -0.481 e. The molecule has 1 fully saturated rings. The highest BCUT2D eigenvalue weighted by Gasteiger charge is 2.40. The number of ether oxygens (including phenoxy) is 1. The number of carboxylic acid groups (broad SMARTS) is 1. The highest BCUT2D eigenvalue weighted by atomic mass is 32.2. The van der Waals surface area contributed by atoms with Gasteiger partial charge in [0.05, 0.1) is 24.3 Å². The third-order valence-electron chi connectivity index (χ3n) is 3.42. The van der Waals surface area contributed by atoms with Crippen molar-refractivity contribution in [2.75, 3.05) is 26.0 Å². The van der Waals surface area contributed by atoms with Crippen LogP contribution in [0.15, 0.2) is 0 Å². The molecular formula is C12H22N2O6S. The molecule has 9 heteroatoms. The van der Waals surface area contributed by atoms with Crippen LogP contribution in [-0.4, -0.2) is 57.0 Å². The lowest BCUT2D eigenvalue weighted by Gasteiger charge is -2.41. The quantitative estimate of drug-likeness (QED) is 0.464. The Balaban J connectivity index is 2.38. The van der Waals surface area contributed by atoms with Gasteiger partial charge in [0.15, 0.2) is 0 Å². The van der Waals surface area contributed by atoms with E-state index in [0.29, 0.717) is 25.9 Å². The van der Waals surface area contributed by atoms with E-state index in [1.165, 1.54) is 7.11 Å². The Kier molecular flexibility index (Phi) is 6.56. The standard InChI is InChI=1S/C12H22N2O6S/c1-20-6-3-7-21(18,19)13-9-10(15)14-12(4-2-5-12)8-11(16)17/h13H,2-9H2,1H3,(H,14,15)(H,16,17). The molecule has 1 rings (SSSR count). The number of methoxy groups -OCH3 is 1. The minimum atomic E-state index is -3.52. The largest absolute Gasteiger partial charge is 0.481 e. The number of amides is 1. The summed E-state index contributed by atoms with van der Waals surface area (Å²) in [5.41, 5.74) is -0.718. The molecule has 3 N–H and O–H groups in total. The number of aliphatic carboxylic acids is 1. The van der Waals surface area contributed by atoms with Gasteiger partial charge in [-0.2, -0.15) is 0 Å². The summed E-state index contributed by atoms with van der Waals surface area (Å²) in [7, 11) is -2.04. The highest BCUT2D eigenvalue weighted by Crippen LogP contribution is 2.34. The smallest absolute Gasteiger partial charge is 0.305 e. The molecule has 0 radical (unpaired) electrons. The maximum atomic E-state index is 11.8. The van der Waals surface area contributed by atoms with Crippen LogP contribution in [0.25, 0.3) is 0 Å². The zero-order valence-corrected chi connectivity index (χ0v) is 12.9. The van der Waals surface area contributed by atoms with E-state index < -0.39 is 27.4 Å². The number of hydrogen-bond acceptors (Lipinski definition) is 5. The molecule has 0 spiro atoms. The third kappa shape index (κ3) is 6.40. The van der Waals surface area contributed by atoms with Gasteiger partial charge in [0.2, 0.25) is 15.9 Å². The molecule has 21 heavy (non-hydrogen) atoms. The van der Waals surface area contributed by atoms with Gasteiger partial charge < -0.3 is 15.2 Å². The van der Waals surface area contributed by atoms with Gasteiger partial charge in [0.25, 0.3) is 0 Å². The lowest BCUT2D eigenvalue weighted by molar-refractivity contribution is -0.140. The topological polar surface area (TPSA) is 122 Å². The van der Waals surface area contributed by atoms with Gasteiger partial charge in [0, 0.05) is 13.7 Å². The van der Waals surface area contributed by atoms with E-state index in [1.807, 2.05) is 0 Å². The zero-order chi connectivity index (χ0) is 15.9. The van der Waals surface area contributed by atoms with Gasteiger partial charge >= 0.3 is 5.97 Å². The predicted octanol–water partition coefficient (Wildman–Crippen LogP) is -0.544. The molecule has 0 aromatic carbocycles. The first-order valence-corrected chi connectivity index (χ1v) is 8.43. The molecule has 0 aliphatic heterocycles. The SMILES string of the molecule is COCCCS(=O)(=O)NCC(=O)NC1(CC(=O)O)CCC1. The van der Waals surface area contributed by atoms with E-state index in [1.54, 1.807) is 0 Å². The molecular weight excluding hydrogens is 300 g/mol. The van der Waals surface area contributed by atoms with Crippen LogP contribution in [0, 0.1) is 0 Å². The van der Waals surface area contributed by atoms with Crippen LogP contribution in [0.3, 0.4) is 0 Å². The Morgan fingerprint density at radius 2 is 2.00 bits per heavy atom. The molecule has 0 atom stereocenters. The summed E-state index contributed by atoms with van der Waals surface area (Å²) in [4.78, 5) is 22.5. The van der Waals surface area contributed by atoms with E-state index >= 15 is 0 Å². The summed E-state index contributed by atoms with van der Waals surface area (Å²) >= 11 is 0. The maximum absolute atomic E-state index is 11.8. The van der Waals surface area contributed by atoms with Crippen molar-refractivity contribution in [1.29, 1.82) is 0 Å². The van der Waals surface area contributed by atoms with Crippen molar-refractivity contribution in [3.05, 3.63) is 0 Å². The fourth-order valence-corrected chi connectivity index (χ4v) is 3.21. The molecule has 8 nitrogen and oxygen atoms in total. The number of carboxylic acids is 1. The average molecular weight is 322 g/mol. The van der Waals surface area contributed by atoms with Crippen molar-refractivity contribution < 1.29 is 27.9 Å². The molecule has 0 bridgehead atoms. The molecule has 0 saturated heterocycles. The van der Waals surface area contributed by atoms with Crippen LogP contribution in [0.2, 0.25) is 0 Å². The van der Waals surface area contributed by atoms with E-state index in [4.69, 9.17) is 9.84 Å². The second kappa shape index (κ2) is 7.71. The number of nitrogens with one attached hydrogen (secondary N) is 2. The Morgan fingerprint density at radius 3 is 2.48 bits per heavy atom. The van der Waals surface area contributed by atoms with Crippen LogP contribution in [0.4, 0.5) is 0 Å². The molecule has 1 aliphatic rings. The predicted molar refractivity (Wildman–Crippen MR) is 75.3 cm³/mol. The molecule has 0 unspecified atom stereocenters. The Hall–Kier alpha value is -1.19. The average Bonchev–Trinajstić information content (AvgIpc) is 2.33. The van der Waals surface area contributed by atoms with E-state index in [2.05, 4.69) is 10.0 Å². The number of carbonyl (C=O) groups excluding carboxylic acids is 1. The molecule has 0 aromatic heterocycles. The number of hydrogen-bond donors (Lipinski definition) is 3. The van der Waals surface area contributed by atoms with Crippen LogP contribution < -0.4 is 10.0 Å². The van der Waals surface area contributed by atoms with E-state index in [0.717, 1.165) is 6.42 Å². The van der Waals surface area contributed by atoms with Gasteiger partial charge in [-0.3, -0.25) is 9.59 Å². The second-order valence-electron chi connectivity index (χ2n) is 5.24. The van der Waals surface area contributed by atoms with Gasteiger partial charge in [-0.15, -0.1) is 0 Å². The maximum Gasteiger partial charge on any atom is 0.305 e. The lowest BCUT2D eigenvalue weighted by Crippen LogP contribution is -2.56. The van der Waals surface area contributed by atoms with E-state index in [-0.39, 0.29) is 18.7 Å². The zero-order valence-electron chi connectivity index (χ0n) is 12.1. The van der Waals surface area contributed by atoms with Gasteiger partial charge in [-0.05, 0) is 25.7 Å².